The molecule has 2 rings (SSSR count). The van der Waals surface area contributed by atoms with E-state index in [9.17, 15) is 0 Å². The molecule has 1 N–H and O–H groups in total. The minimum Gasteiger partial charge on any atom is -0.317 e. The highest BCUT2D eigenvalue weighted by Crippen LogP contribution is 2.20. The van der Waals surface area contributed by atoms with E-state index in [4.69, 9.17) is 0 Å². The van der Waals surface area contributed by atoms with Gasteiger partial charge in [-0.15, -0.1) is 0 Å². The summed E-state index contributed by atoms with van der Waals surface area (Å²) in [6.07, 6.45) is 3.89. The predicted octanol–water partition coefficient (Wildman–Crippen LogP) is 2.99. The fourth-order valence-electron chi connectivity index (χ4n) is 2.08. The van der Waals surface area contributed by atoms with E-state index in [1.165, 1.54) is 42.4 Å². The van der Waals surface area contributed by atoms with Crippen LogP contribution < -0.4 is 5.32 Å². The van der Waals surface area contributed by atoms with E-state index in [0.717, 1.165) is 5.92 Å². The van der Waals surface area contributed by atoms with Gasteiger partial charge < -0.3 is 5.32 Å². The number of piperidine rings is 1. The third kappa shape index (κ3) is 2.82. The average molecular weight is 254 g/mol. The maximum absolute atomic E-state index is 3.51. The topological polar surface area (TPSA) is 12.0 Å². The molecule has 1 saturated heterocycles. The summed E-state index contributed by atoms with van der Waals surface area (Å²) >= 11 is 3.51. The third-order valence-electron chi connectivity index (χ3n) is 2.87. The van der Waals surface area contributed by atoms with Crippen LogP contribution in [0.25, 0.3) is 0 Å². The van der Waals surface area contributed by atoms with Crippen molar-refractivity contribution in [3.63, 3.8) is 0 Å². The maximum Gasteiger partial charge on any atom is 0.0177 e. The molecule has 2 heteroatoms. The number of hydrogen-bond acceptors (Lipinski definition) is 1. The van der Waals surface area contributed by atoms with Gasteiger partial charge in [0.05, 0.1) is 0 Å². The van der Waals surface area contributed by atoms with Gasteiger partial charge in [-0.2, -0.15) is 0 Å². The highest BCUT2D eigenvalue weighted by atomic mass is 79.9. The van der Waals surface area contributed by atoms with E-state index in [-0.39, 0.29) is 0 Å². The number of halogens is 1. The zero-order chi connectivity index (χ0) is 9.80. The molecule has 1 aromatic carbocycles. The average Bonchev–Trinajstić information content (AvgIpc) is 2.19. The first-order valence-electron chi connectivity index (χ1n) is 5.30. The Balaban J connectivity index is 1.95. The van der Waals surface area contributed by atoms with Crippen LogP contribution in [0.15, 0.2) is 28.7 Å². The summed E-state index contributed by atoms with van der Waals surface area (Å²) in [6, 6.07) is 8.68. The first-order valence-corrected chi connectivity index (χ1v) is 6.09. The van der Waals surface area contributed by atoms with E-state index in [2.05, 4.69) is 45.5 Å². The Morgan fingerprint density at radius 1 is 1.29 bits per heavy atom. The summed E-state index contributed by atoms with van der Waals surface area (Å²) in [5.41, 5.74) is 1.46. The summed E-state index contributed by atoms with van der Waals surface area (Å²) in [5.74, 6) is 0.880. The van der Waals surface area contributed by atoms with Crippen LogP contribution in [0.3, 0.4) is 0 Å². The van der Waals surface area contributed by atoms with Crippen LogP contribution in [0.2, 0.25) is 0 Å². The van der Waals surface area contributed by atoms with Crippen molar-refractivity contribution in [3.05, 3.63) is 34.3 Å². The van der Waals surface area contributed by atoms with Crippen LogP contribution in [-0.2, 0) is 6.42 Å². The second-order valence-electron chi connectivity index (χ2n) is 4.03. The zero-order valence-electron chi connectivity index (χ0n) is 8.30. The van der Waals surface area contributed by atoms with Crippen molar-refractivity contribution in [1.29, 1.82) is 0 Å². The molecule has 1 heterocycles. The van der Waals surface area contributed by atoms with Gasteiger partial charge in [0.25, 0.3) is 0 Å². The van der Waals surface area contributed by atoms with Gasteiger partial charge in [-0.3, -0.25) is 0 Å². The lowest BCUT2D eigenvalue weighted by atomic mass is 9.91. The van der Waals surface area contributed by atoms with Crippen molar-refractivity contribution in [2.75, 3.05) is 13.1 Å². The maximum atomic E-state index is 3.51. The molecule has 1 nitrogen and oxygen atoms in total. The number of nitrogens with one attached hydrogen (secondary N) is 1. The summed E-state index contributed by atoms with van der Waals surface area (Å²) < 4.78 is 1.20. The van der Waals surface area contributed by atoms with Gasteiger partial charge in [-0.1, -0.05) is 28.1 Å². The number of rotatable bonds is 2. The molecule has 0 atom stereocenters. The van der Waals surface area contributed by atoms with Gasteiger partial charge >= 0.3 is 0 Å². The minimum atomic E-state index is 0.880. The molecule has 1 aromatic rings. The molecule has 0 amide bonds. The fourth-order valence-corrected chi connectivity index (χ4v) is 2.53. The quantitative estimate of drug-likeness (QED) is 0.855. The zero-order valence-corrected chi connectivity index (χ0v) is 9.89. The van der Waals surface area contributed by atoms with E-state index in [1.54, 1.807) is 0 Å². The van der Waals surface area contributed by atoms with Crippen LogP contribution in [0.1, 0.15) is 18.4 Å². The van der Waals surface area contributed by atoms with Crippen LogP contribution in [0.5, 0.6) is 0 Å². The summed E-state index contributed by atoms with van der Waals surface area (Å²) in [4.78, 5) is 0. The lowest BCUT2D eigenvalue weighted by Crippen LogP contribution is -2.28. The molecule has 1 aliphatic rings. The Bertz CT molecular complexity index is 292. The van der Waals surface area contributed by atoms with Gasteiger partial charge in [-0.05, 0) is 56.0 Å². The van der Waals surface area contributed by atoms with Gasteiger partial charge in [0.2, 0.25) is 0 Å². The van der Waals surface area contributed by atoms with Crippen LogP contribution in [-0.4, -0.2) is 13.1 Å². The lowest BCUT2D eigenvalue weighted by Gasteiger charge is -2.22. The van der Waals surface area contributed by atoms with Gasteiger partial charge in [0.1, 0.15) is 0 Å². The Morgan fingerprint density at radius 2 is 2.07 bits per heavy atom. The molecular formula is C12H16BrN. The van der Waals surface area contributed by atoms with Crippen LogP contribution in [0, 0.1) is 5.92 Å². The normalized spacial score (nSPS) is 18.4. The molecule has 14 heavy (non-hydrogen) atoms. The molecule has 0 bridgehead atoms. The fraction of sp³-hybridized carbons (Fsp3) is 0.500. The summed E-state index contributed by atoms with van der Waals surface area (Å²) in [5, 5.41) is 3.40. The predicted molar refractivity (Wildman–Crippen MR) is 63.4 cm³/mol. The third-order valence-corrected chi connectivity index (χ3v) is 3.37. The number of benzene rings is 1. The van der Waals surface area contributed by atoms with Crippen molar-refractivity contribution in [2.24, 2.45) is 5.92 Å². The first kappa shape index (κ1) is 10.2. The minimum absolute atomic E-state index is 0.880. The first-order chi connectivity index (χ1) is 6.84. The second kappa shape index (κ2) is 4.94. The molecule has 76 valence electrons. The monoisotopic (exact) mass is 253 g/mol. The van der Waals surface area contributed by atoms with Crippen molar-refractivity contribution >= 4 is 15.9 Å². The van der Waals surface area contributed by atoms with Crippen molar-refractivity contribution in [3.8, 4) is 0 Å². The van der Waals surface area contributed by atoms with Crippen molar-refractivity contribution in [2.45, 2.75) is 19.3 Å². The molecule has 0 spiro atoms. The summed E-state index contributed by atoms with van der Waals surface area (Å²) in [6.45, 7) is 2.39. The van der Waals surface area contributed by atoms with Gasteiger partial charge in [0.15, 0.2) is 0 Å². The highest BCUT2D eigenvalue weighted by Gasteiger charge is 2.13. The largest absolute Gasteiger partial charge is 0.317 e. The second-order valence-corrected chi connectivity index (χ2v) is 4.94. The van der Waals surface area contributed by atoms with Gasteiger partial charge in [-0.25, -0.2) is 0 Å². The van der Waals surface area contributed by atoms with Crippen LogP contribution in [0.4, 0.5) is 0 Å². The molecule has 0 aliphatic carbocycles. The smallest absolute Gasteiger partial charge is 0.0177 e. The molecule has 0 radical (unpaired) electrons. The van der Waals surface area contributed by atoms with Crippen molar-refractivity contribution in [1.82, 2.24) is 5.32 Å². The van der Waals surface area contributed by atoms with E-state index < -0.39 is 0 Å². The Morgan fingerprint density at radius 3 is 2.79 bits per heavy atom. The highest BCUT2D eigenvalue weighted by molar-refractivity contribution is 9.10. The molecule has 1 fully saturated rings. The molecule has 1 aliphatic heterocycles. The molecular weight excluding hydrogens is 238 g/mol. The van der Waals surface area contributed by atoms with E-state index in [0.29, 0.717) is 0 Å². The van der Waals surface area contributed by atoms with E-state index >= 15 is 0 Å². The molecule has 0 unspecified atom stereocenters. The Hall–Kier alpha value is -0.340. The Kier molecular flexibility index (Phi) is 3.60. The van der Waals surface area contributed by atoms with Gasteiger partial charge in [0, 0.05) is 4.47 Å². The van der Waals surface area contributed by atoms with E-state index in [1.807, 2.05) is 0 Å². The molecule has 0 saturated carbocycles. The number of hydrogen-bond donors (Lipinski definition) is 1. The lowest BCUT2D eigenvalue weighted by molar-refractivity contribution is 0.372. The summed E-state index contributed by atoms with van der Waals surface area (Å²) in [7, 11) is 0. The Labute approximate surface area is 94.0 Å². The van der Waals surface area contributed by atoms with Crippen LogP contribution >= 0.6 is 15.9 Å². The molecule has 0 aromatic heterocycles. The standard InChI is InChI=1S/C12H16BrN/c13-12-3-1-2-11(9-12)8-10-4-6-14-7-5-10/h1-3,9-10,14H,4-8H2. The van der Waals surface area contributed by atoms with Crippen molar-refractivity contribution < 1.29 is 0 Å². The SMILES string of the molecule is Brc1cccc(CC2CCNCC2)c1.